The number of carbonyl (C=O) groups excluding carboxylic acids is 1. The number of benzene rings is 1. The van der Waals surface area contributed by atoms with E-state index in [0.717, 1.165) is 57.5 Å². The van der Waals surface area contributed by atoms with Crippen molar-refractivity contribution in [1.82, 2.24) is 14.1 Å². The molecule has 2 aromatic rings. The van der Waals surface area contributed by atoms with Crippen molar-refractivity contribution in [2.24, 2.45) is 0 Å². The predicted molar refractivity (Wildman–Crippen MR) is 124 cm³/mol. The van der Waals surface area contributed by atoms with Gasteiger partial charge in [0.15, 0.2) is 0 Å². The Labute approximate surface area is 189 Å². The number of nitrogens with zero attached hydrogens (tertiary/aromatic N) is 3. The molecule has 2 fully saturated rings. The fraction of sp³-hybridized carbons (Fsp3) is 0.522. The first-order valence-corrected chi connectivity index (χ1v) is 13.5. The summed E-state index contributed by atoms with van der Waals surface area (Å²) < 4.78 is 27.1. The van der Waals surface area contributed by atoms with Crippen molar-refractivity contribution in [1.29, 1.82) is 0 Å². The molecule has 0 saturated carbocycles. The number of thiophene rings is 1. The van der Waals surface area contributed by atoms with Gasteiger partial charge < -0.3 is 4.90 Å². The zero-order valence-corrected chi connectivity index (χ0v) is 19.5. The van der Waals surface area contributed by atoms with Crippen LogP contribution < -0.4 is 0 Å². The van der Waals surface area contributed by atoms with Crippen LogP contribution >= 0.6 is 11.3 Å². The molecule has 2 aliphatic heterocycles. The van der Waals surface area contributed by atoms with Gasteiger partial charge in [-0.3, -0.25) is 9.69 Å². The van der Waals surface area contributed by atoms with Gasteiger partial charge in [-0.2, -0.15) is 4.31 Å². The molecule has 1 amide bonds. The van der Waals surface area contributed by atoms with Gasteiger partial charge in [0, 0.05) is 57.1 Å². The third-order valence-electron chi connectivity index (χ3n) is 6.19. The highest BCUT2D eigenvalue weighted by Gasteiger charge is 2.26. The molecular weight excluding hydrogens is 430 g/mol. The molecule has 0 radical (unpaired) electrons. The first-order chi connectivity index (χ1) is 15.0. The van der Waals surface area contributed by atoms with E-state index < -0.39 is 10.0 Å². The maximum Gasteiger partial charge on any atom is 0.243 e. The molecule has 8 heteroatoms. The number of rotatable bonds is 7. The first-order valence-electron chi connectivity index (χ1n) is 11.1. The second-order valence-corrected chi connectivity index (χ2v) is 11.3. The topological polar surface area (TPSA) is 60.9 Å². The number of hydrogen-bond donors (Lipinski definition) is 0. The van der Waals surface area contributed by atoms with Gasteiger partial charge in [0.05, 0.1) is 4.90 Å². The molecule has 0 spiro atoms. The Kier molecular flexibility index (Phi) is 7.43. The number of sulfonamides is 1. The summed E-state index contributed by atoms with van der Waals surface area (Å²) in [6.07, 6.45) is 4.06. The molecule has 31 heavy (non-hydrogen) atoms. The lowest BCUT2D eigenvalue weighted by Gasteiger charge is -2.34. The lowest BCUT2D eigenvalue weighted by molar-refractivity contribution is -0.132. The van der Waals surface area contributed by atoms with Crippen LogP contribution in [-0.2, 0) is 27.8 Å². The molecule has 6 nitrogen and oxygen atoms in total. The minimum Gasteiger partial charge on any atom is -0.340 e. The minimum absolute atomic E-state index is 0.181. The summed E-state index contributed by atoms with van der Waals surface area (Å²) in [6.45, 7) is 5.55. The van der Waals surface area contributed by atoms with Crippen molar-refractivity contribution in [3.05, 3.63) is 52.2 Å². The quantitative estimate of drug-likeness (QED) is 0.635. The summed E-state index contributed by atoms with van der Waals surface area (Å²) in [5.41, 5.74) is 1.00. The molecule has 0 unspecified atom stereocenters. The van der Waals surface area contributed by atoms with E-state index in [4.69, 9.17) is 0 Å². The van der Waals surface area contributed by atoms with Crippen molar-refractivity contribution in [2.75, 3.05) is 39.3 Å². The average Bonchev–Trinajstić information content (AvgIpc) is 3.32. The summed E-state index contributed by atoms with van der Waals surface area (Å²) in [7, 11) is -3.40. The van der Waals surface area contributed by atoms with Crippen molar-refractivity contribution >= 4 is 27.3 Å². The van der Waals surface area contributed by atoms with Gasteiger partial charge in [0.2, 0.25) is 15.9 Å². The Morgan fingerprint density at radius 3 is 2.26 bits per heavy atom. The maximum atomic E-state index is 12.8. The van der Waals surface area contributed by atoms with Gasteiger partial charge >= 0.3 is 0 Å². The van der Waals surface area contributed by atoms with Crippen molar-refractivity contribution < 1.29 is 13.2 Å². The Morgan fingerprint density at radius 1 is 0.903 bits per heavy atom. The fourth-order valence-electron chi connectivity index (χ4n) is 4.27. The van der Waals surface area contributed by atoms with Gasteiger partial charge in [-0.1, -0.05) is 24.6 Å². The number of aryl methyl sites for hydroxylation is 1. The standard InChI is InChI=1S/C23H31N3O3S2/c27-23(25-16-14-24(15-17-25)19-21-5-4-18-30-21)11-8-20-6-9-22(10-7-20)31(28,29)26-12-2-1-3-13-26/h4-7,9-10,18H,1-3,8,11-17,19H2. The Hall–Kier alpha value is -1.74. The smallest absolute Gasteiger partial charge is 0.243 e. The van der Waals surface area contributed by atoms with E-state index in [1.807, 2.05) is 17.0 Å². The zero-order chi connectivity index (χ0) is 21.7. The van der Waals surface area contributed by atoms with Crippen LogP contribution in [0.5, 0.6) is 0 Å². The summed E-state index contributed by atoms with van der Waals surface area (Å²) in [4.78, 5) is 18.7. The molecule has 0 aliphatic carbocycles. The summed E-state index contributed by atoms with van der Waals surface area (Å²) >= 11 is 1.78. The second kappa shape index (κ2) is 10.3. The van der Waals surface area contributed by atoms with Crippen LogP contribution in [0.1, 0.15) is 36.1 Å². The molecule has 0 atom stereocenters. The van der Waals surface area contributed by atoms with Gasteiger partial charge in [0.25, 0.3) is 0 Å². The Morgan fingerprint density at radius 2 is 1.61 bits per heavy atom. The maximum absolute atomic E-state index is 12.8. The van der Waals surface area contributed by atoms with E-state index in [1.54, 1.807) is 27.8 Å². The average molecular weight is 462 g/mol. The van der Waals surface area contributed by atoms with Gasteiger partial charge in [-0.25, -0.2) is 8.42 Å². The van der Waals surface area contributed by atoms with Crippen molar-refractivity contribution in [3.8, 4) is 0 Å². The summed E-state index contributed by atoms with van der Waals surface area (Å²) in [6, 6.07) is 11.3. The van der Waals surface area contributed by atoms with Crippen LogP contribution in [0.15, 0.2) is 46.7 Å². The highest BCUT2D eigenvalue weighted by molar-refractivity contribution is 7.89. The normalized spacial score (nSPS) is 18.9. The number of amides is 1. The number of piperidine rings is 1. The monoisotopic (exact) mass is 461 g/mol. The van der Waals surface area contributed by atoms with Gasteiger partial charge in [-0.05, 0) is 48.4 Å². The lowest BCUT2D eigenvalue weighted by atomic mass is 10.1. The zero-order valence-electron chi connectivity index (χ0n) is 17.9. The largest absolute Gasteiger partial charge is 0.340 e. The molecule has 0 N–H and O–H groups in total. The fourth-order valence-corrected chi connectivity index (χ4v) is 6.53. The predicted octanol–water partition coefficient (Wildman–Crippen LogP) is 3.20. The SMILES string of the molecule is O=C(CCc1ccc(S(=O)(=O)N2CCCCC2)cc1)N1CCN(Cc2cccs2)CC1. The van der Waals surface area contributed by atoms with Crippen molar-refractivity contribution in [3.63, 3.8) is 0 Å². The van der Waals surface area contributed by atoms with Crippen LogP contribution in [0.3, 0.4) is 0 Å². The van der Waals surface area contributed by atoms with E-state index in [2.05, 4.69) is 22.4 Å². The molecular formula is C23H31N3O3S2. The molecule has 2 aliphatic rings. The minimum atomic E-state index is -3.40. The molecule has 1 aromatic heterocycles. The highest BCUT2D eigenvalue weighted by Crippen LogP contribution is 2.21. The molecule has 1 aromatic carbocycles. The van der Waals surface area contributed by atoms with E-state index in [1.165, 1.54) is 4.88 Å². The van der Waals surface area contributed by atoms with E-state index in [9.17, 15) is 13.2 Å². The summed E-state index contributed by atoms with van der Waals surface area (Å²) in [5, 5.41) is 2.10. The second-order valence-electron chi connectivity index (χ2n) is 8.34. The summed E-state index contributed by atoms with van der Waals surface area (Å²) in [5.74, 6) is 0.181. The van der Waals surface area contributed by atoms with Crippen LogP contribution in [-0.4, -0.2) is 67.7 Å². The van der Waals surface area contributed by atoms with Crippen LogP contribution in [0.2, 0.25) is 0 Å². The molecule has 0 bridgehead atoms. The Bertz CT molecular complexity index is 944. The molecule has 168 valence electrons. The van der Waals surface area contributed by atoms with E-state index in [0.29, 0.717) is 30.8 Å². The molecule has 4 rings (SSSR count). The van der Waals surface area contributed by atoms with Crippen molar-refractivity contribution in [2.45, 2.75) is 43.5 Å². The first kappa shape index (κ1) is 22.5. The van der Waals surface area contributed by atoms with E-state index >= 15 is 0 Å². The van der Waals surface area contributed by atoms with E-state index in [-0.39, 0.29) is 5.91 Å². The van der Waals surface area contributed by atoms with Gasteiger partial charge in [-0.15, -0.1) is 11.3 Å². The van der Waals surface area contributed by atoms with Crippen LogP contribution in [0.25, 0.3) is 0 Å². The van der Waals surface area contributed by atoms with Crippen LogP contribution in [0, 0.1) is 0 Å². The lowest BCUT2D eigenvalue weighted by Crippen LogP contribution is -2.48. The number of piperazine rings is 1. The molecule has 3 heterocycles. The third-order valence-corrected chi connectivity index (χ3v) is 8.96. The number of hydrogen-bond acceptors (Lipinski definition) is 5. The number of carbonyl (C=O) groups is 1. The van der Waals surface area contributed by atoms with Crippen LogP contribution in [0.4, 0.5) is 0 Å². The Balaban J connectivity index is 1.24. The third kappa shape index (κ3) is 5.74. The molecule has 2 saturated heterocycles. The highest BCUT2D eigenvalue weighted by atomic mass is 32.2. The van der Waals surface area contributed by atoms with Gasteiger partial charge in [0.1, 0.15) is 0 Å².